The first-order valence-corrected chi connectivity index (χ1v) is 10.0. The maximum absolute atomic E-state index is 11.4. The van der Waals surface area contributed by atoms with Gasteiger partial charge in [0.25, 0.3) is 0 Å². The highest BCUT2D eigenvalue weighted by atomic mass is 16.5. The van der Waals surface area contributed by atoms with Crippen molar-refractivity contribution in [3.05, 3.63) is 59.7 Å². The molecule has 0 saturated heterocycles. The topological polar surface area (TPSA) is 52.6 Å². The quantitative estimate of drug-likeness (QED) is 0.394. The molecule has 28 heavy (non-hydrogen) atoms. The van der Waals surface area contributed by atoms with Crippen LogP contribution in [0.4, 0.5) is 0 Å². The molecule has 2 aromatic carbocycles. The molecule has 0 heterocycles. The van der Waals surface area contributed by atoms with Gasteiger partial charge in [-0.05, 0) is 60.1 Å². The van der Waals surface area contributed by atoms with Gasteiger partial charge >= 0.3 is 11.9 Å². The highest BCUT2D eigenvalue weighted by Crippen LogP contribution is 2.29. The number of ether oxygens (including phenoxy) is 2. The molecule has 4 heteroatoms. The molecule has 0 spiro atoms. The van der Waals surface area contributed by atoms with Crippen LogP contribution in [0, 0.1) is 0 Å². The zero-order valence-electron chi connectivity index (χ0n) is 17.2. The molecular formula is C24H30O4. The maximum Gasteiger partial charge on any atom is 0.310 e. The molecule has 2 atom stereocenters. The number of hydrogen-bond acceptors (Lipinski definition) is 4. The molecule has 0 aromatic heterocycles. The first-order valence-electron chi connectivity index (χ1n) is 10.0. The number of carbonyl (C=O) groups excluding carboxylic acids is 2. The van der Waals surface area contributed by atoms with Crippen LogP contribution in [-0.4, -0.2) is 11.9 Å². The monoisotopic (exact) mass is 382 g/mol. The smallest absolute Gasteiger partial charge is 0.310 e. The number of carbonyl (C=O) groups is 2. The van der Waals surface area contributed by atoms with Gasteiger partial charge < -0.3 is 9.47 Å². The highest BCUT2D eigenvalue weighted by molar-refractivity contribution is 5.72. The summed E-state index contributed by atoms with van der Waals surface area (Å²) in [6.45, 7) is 8.00. The van der Waals surface area contributed by atoms with Crippen molar-refractivity contribution < 1.29 is 19.1 Å². The molecule has 0 bridgehead atoms. The van der Waals surface area contributed by atoms with E-state index in [2.05, 4.69) is 13.8 Å². The highest BCUT2D eigenvalue weighted by Gasteiger charge is 2.12. The van der Waals surface area contributed by atoms with Gasteiger partial charge in [-0.3, -0.25) is 9.59 Å². The van der Waals surface area contributed by atoms with Crippen molar-refractivity contribution >= 4 is 11.9 Å². The summed E-state index contributed by atoms with van der Waals surface area (Å²) in [6.07, 6.45) is 2.86. The van der Waals surface area contributed by atoms with Crippen molar-refractivity contribution in [1.82, 2.24) is 0 Å². The Morgan fingerprint density at radius 3 is 1.29 bits per heavy atom. The SMILES string of the molecule is CCC(=O)Oc1ccc([C@@H](C)CC[C@H](C)c2ccc(OC(=O)CC)cc2)cc1. The van der Waals surface area contributed by atoms with Crippen LogP contribution in [0.25, 0.3) is 0 Å². The lowest BCUT2D eigenvalue weighted by Crippen LogP contribution is -2.06. The second kappa shape index (κ2) is 10.6. The number of rotatable bonds is 9. The largest absolute Gasteiger partial charge is 0.427 e. The van der Waals surface area contributed by atoms with Gasteiger partial charge in [-0.2, -0.15) is 0 Å². The Hall–Kier alpha value is -2.62. The van der Waals surface area contributed by atoms with Crippen LogP contribution < -0.4 is 9.47 Å². The van der Waals surface area contributed by atoms with Gasteiger partial charge in [-0.25, -0.2) is 0 Å². The molecule has 0 aliphatic heterocycles. The van der Waals surface area contributed by atoms with Gasteiger partial charge in [-0.1, -0.05) is 52.0 Å². The van der Waals surface area contributed by atoms with Crippen LogP contribution >= 0.6 is 0 Å². The van der Waals surface area contributed by atoms with E-state index in [1.54, 1.807) is 13.8 Å². The third kappa shape index (κ3) is 6.52. The zero-order valence-corrected chi connectivity index (χ0v) is 17.2. The van der Waals surface area contributed by atoms with Crippen LogP contribution in [0.15, 0.2) is 48.5 Å². The molecule has 0 fully saturated rings. The van der Waals surface area contributed by atoms with Crippen molar-refractivity contribution in [2.45, 2.75) is 65.2 Å². The van der Waals surface area contributed by atoms with E-state index in [0.717, 1.165) is 12.8 Å². The minimum Gasteiger partial charge on any atom is -0.427 e. The van der Waals surface area contributed by atoms with Crippen molar-refractivity contribution in [1.29, 1.82) is 0 Å². The van der Waals surface area contributed by atoms with E-state index in [4.69, 9.17) is 9.47 Å². The standard InChI is InChI=1S/C24H30O4/c1-5-23(25)27-21-13-9-19(10-14-21)17(3)7-8-18(4)20-11-15-22(16-12-20)28-24(26)6-2/h9-18H,5-8H2,1-4H3/t17-,18-/m0/s1. The van der Waals surface area contributed by atoms with Crippen molar-refractivity contribution in [2.75, 3.05) is 0 Å². The summed E-state index contributed by atoms with van der Waals surface area (Å²) in [7, 11) is 0. The lowest BCUT2D eigenvalue weighted by molar-refractivity contribution is -0.134. The fraction of sp³-hybridized carbons (Fsp3) is 0.417. The van der Waals surface area contributed by atoms with E-state index in [9.17, 15) is 9.59 Å². The number of hydrogen-bond donors (Lipinski definition) is 0. The third-order valence-corrected chi connectivity index (χ3v) is 4.97. The van der Waals surface area contributed by atoms with Crippen LogP contribution in [0.1, 0.15) is 76.3 Å². The Morgan fingerprint density at radius 1 is 0.679 bits per heavy atom. The lowest BCUT2D eigenvalue weighted by Gasteiger charge is -2.17. The third-order valence-electron chi connectivity index (χ3n) is 4.97. The summed E-state index contributed by atoms with van der Waals surface area (Å²) >= 11 is 0. The summed E-state index contributed by atoms with van der Waals surface area (Å²) in [6, 6.07) is 15.6. The fourth-order valence-corrected chi connectivity index (χ4v) is 2.97. The summed E-state index contributed by atoms with van der Waals surface area (Å²) < 4.78 is 10.4. The average molecular weight is 383 g/mol. The Balaban J connectivity index is 1.86. The molecule has 150 valence electrons. The van der Waals surface area contributed by atoms with Crippen LogP contribution in [0.2, 0.25) is 0 Å². The minimum absolute atomic E-state index is 0.217. The summed E-state index contributed by atoms with van der Waals surface area (Å²) in [5.74, 6) is 1.60. The van der Waals surface area contributed by atoms with E-state index in [1.807, 2.05) is 48.5 Å². The van der Waals surface area contributed by atoms with Gasteiger partial charge in [-0.15, -0.1) is 0 Å². The zero-order chi connectivity index (χ0) is 20.5. The number of benzene rings is 2. The Kier molecular flexibility index (Phi) is 8.24. The van der Waals surface area contributed by atoms with E-state index in [1.165, 1.54) is 11.1 Å². The van der Waals surface area contributed by atoms with Crippen LogP contribution in [0.3, 0.4) is 0 Å². The van der Waals surface area contributed by atoms with Gasteiger partial charge in [0.2, 0.25) is 0 Å². The molecule has 0 unspecified atom stereocenters. The van der Waals surface area contributed by atoms with E-state index in [0.29, 0.717) is 36.2 Å². The Labute approximate surface area is 167 Å². The summed E-state index contributed by atoms with van der Waals surface area (Å²) in [4.78, 5) is 22.7. The normalized spacial score (nSPS) is 12.9. The molecule has 0 aliphatic rings. The molecular weight excluding hydrogens is 352 g/mol. The molecule has 0 amide bonds. The van der Waals surface area contributed by atoms with Crippen molar-refractivity contribution in [2.24, 2.45) is 0 Å². The van der Waals surface area contributed by atoms with Gasteiger partial charge in [0.1, 0.15) is 11.5 Å². The molecule has 0 aliphatic carbocycles. The first-order chi connectivity index (χ1) is 13.4. The fourth-order valence-electron chi connectivity index (χ4n) is 2.97. The van der Waals surface area contributed by atoms with E-state index < -0.39 is 0 Å². The van der Waals surface area contributed by atoms with Crippen LogP contribution in [0.5, 0.6) is 11.5 Å². The van der Waals surface area contributed by atoms with Crippen molar-refractivity contribution in [3.8, 4) is 11.5 Å². The molecule has 0 radical (unpaired) electrons. The Morgan fingerprint density at radius 2 is 1.00 bits per heavy atom. The van der Waals surface area contributed by atoms with Gasteiger partial charge in [0.05, 0.1) is 0 Å². The predicted octanol–water partition coefficient (Wildman–Crippen LogP) is 6.00. The molecule has 0 saturated carbocycles. The molecule has 0 N–H and O–H groups in total. The van der Waals surface area contributed by atoms with Crippen LogP contribution in [-0.2, 0) is 9.59 Å². The second-order valence-corrected chi connectivity index (χ2v) is 7.17. The maximum atomic E-state index is 11.4. The second-order valence-electron chi connectivity index (χ2n) is 7.17. The first kappa shape index (κ1) is 21.7. The summed E-state index contributed by atoms with van der Waals surface area (Å²) in [5, 5.41) is 0. The van der Waals surface area contributed by atoms with Gasteiger partial charge in [0.15, 0.2) is 0 Å². The lowest BCUT2D eigenvalue weighted by atomic mass is 9.89. The number of esters is 2. The van der Waals surface area contributed by atoms with Gasteiger partial charge in [0, 0.05) is 12.8 Å². The van der Waals surface area contributed by atoms with E-state index in [-0.39, 0.29) is 11.9 Å². The molecule has 2 aromatic rings. The minimum atomic E-state index is -0.217. The Bertz CT molecular complexity index is 695. The van der Waals surface area contributed by atoms with E-state index >= 15 is 0 Å². The molecule has 2 rings (SSSR count). The summed E-state index contributed by atoms with van der Waals surface area (Å²) in [5.41, 5.74) is 2.48. The molecule has 4 nitrogen and oxygen atoms in total. The average Bonchev–Trinajstić information content (AvgIpc) is 2.72. The predicted molar refractivity (Wildman–Crippen MR) is 111 cm³/mol. The van der Waals surface area contributed by atoms with Crippen molar-refractivity contribution in [3.63, 3.8) is 0 Å².